The lowest BCUT2D eigenvalue weighted by molar-refractivity contribution is 0.240. The summed E-state index contributed by atoms with van der Waals surface area (Å²) >= 11 is 0. The van der Waals surface area contributed by atoms with E-state index in [9.17, 15) is 4.39 Å². The van der Waals surface area contributed by atoms with Gasteiger partial charge in [0.05, 0.1) is 11.4 Å². The minimum absolute atomic E-state index is 0.196. The van der Waals surface area contributed by atoms with E-state index in [4.69, 9.17) is 4.98 Å². The predicted molar refractivity (Wildman–Crippen MR) is 115 cm³/mol. The van der Waals surface area contributed by atoms with Crippen molar-refractivity contribution in [2.75, 3.05) is 42.5 Å². The molecule has 3 aromatic rings. The smallest absolute Gasteiger partial charge is 0.225 e. The SMILES string of the molecule is Fc1ccc(N2CCN(c3ncc4c(n3)CCN(Cc3ccccn3)C4)CC2)cc1. The van der Waals surface area contributed by atoms with E-state index >= 15 is 0 Å². The van der Waals surface area contributed by atoms with Crippen LogP contribution >= 0.6 is 0 Å². The Morgan fingerprint density at radius 1 is 0.867 bits per heavy atom. The van der Waals surface area contributed by atoms with Gasteiger partial charge in [0.15, 0.2) is 0 Å². The van der Waals surface area contributed by atoms with E-state index in [2.05, 4.69) is 30.7 Å². The van der Waals surface area contributed by atoms with Crippen molar-refractivity contribution in [2.45, 2.75) is 19.5 Å². The van der Waals surface area contributed by atoms with Gasteiger partial charge in [-0.2, -0.15) is 0 Å². The summed E-state index contributed by atoms with van der Waals surface area (Å²) in [5.41, 5.74) is 4.54. The number of benzene rings is 1. The van der Waals surface area contributed by atoms with Crippen LogP contribution in [0.15, 0.2) is 54.9 Å². The lowest BCUT2D eigenvalue weighted by Gasteiger charge is -2.36. The second-order valence-corrected chi connectivity index (χ2v) is 7.87. The lowest BCUT2D eigenvalue weighted by atomic mass is 10.1. The van der Waals surface area contributed by atoms with Gasteiger partial charge >= 0.3 is 0 Å². The third-order valence-electron chi connectivity index (χ3n) is 5.87. The summed E-state index contributed by atoms with van der Waals surface area (Å²) < 4.78 is 13.2. The minimum atomic E-state index is -0.196. The van der Waals surface area contributed by atoms with Gasteiger partial charge in [-0.05, 0) is 36.4 Å². The Morgan fingerprint density at radius 3 is 2.43 bits per heavy atom. The summed E-state index contributed by atoms with van der Waals surface area (Å²) in [6.07, 6.45) is 4.78. The van der Waals surface area contributed by atoms with Gasteiger partial charge in [-0.1, -0.05) is 6.07 Å². The number of anilines is 2. The fourth-order valence-corrected chi connectivity index (χ4v) is 4.19. The Kier molecular flexibility index (Phi) is 5.27. The molecule has 1 saturated heterocycles. The predicted octanol–water partition coefficient (Wildman–Crippen LogP) is 2.90. The van der Waals surface area contributed by atoms with Gasteiger partial charge in [0.25, 0.3) is 0 Å². The quantitative estimate of drug-likeness (QED) is 0.667. The van der Waals surface area contributed by atoms with Crippen LogP contribution in [0, 0.1) is 5.82 Å². The van der Waals surface area contributed by atoms with Crippen LogP contribution in [0.5, 0.6) is 0 Å². The first kappa shape index (κ1) is 18.9. The first-order valence-electron chi connectivity index (χ1n) is 10.5. The molecule has 1 fully saturated rings. The highest BCUT2D eigenvalue weighted by Gasteiger charge is 2.23. The fraction of sp³-hybridized carbons (Fsp3) is 0.348. The van der Waals surface area contributed by atoms with E-state index in [1.54, 1.807) is 0 Å². The molecule has 2 aliphatic rings. The molecule has 0 unspecified atom stereocenters. The first-order chi connectivity index (χ1) is 14.7. The number of halogens is 1. The van der Waals surface area contributed by atoms with E-state index in [-0.39, 0.29) is 5.82 Å². The molecule has 1 aromatic carbocycles. The normalized spacial score (nSPS) is 17.1. The Morgan fingerprint density at radius 2 is 1.67 bits per heavy atom. The molecular formula is C23H25FN6. The van der Waals surface area contributed by atoms with Gasteiger partial charge in [-0.3, -0.25) is 9.88 Å². The molecule has 30 heavy (non-hydrogen) atoms. The molecule has 0 aliphatic carbocycles. The van der Waals surface area contributed by atoms with Crippen LogP contribution in [0.2, 0.25) is 0 Å². The van der Waals surface area contributed by atoms with E-state index in [0.29, 0.717) is 0 Å². The van der Waals surface area contributed by atoms with Crippen molar-refractivity contribution in [3.8, 4) is 0 Å². The lowest BCUT2D eigenvalue weighted by Crippen LogP contribution is -2.47. The average Bonchev–Trinajstić information content (AvgIpc) is 2.80. The number of fused-ring (bicyclic) bond motifs is 1. The van der Waals surface area contributed by atoms with Crippen molar-refractivity contribution in [3.05, 3.63) is 77.6 Å². The second-order valence-electron chi connectivity index (χ2n) is 7.87. The Hall–Kier alpha value is -3.06. The number of hydrogen-bond donors (Lipinski definition) is 0. The van der Waals surface area contributed by atoms with Crippen LogP contribution < -0.4 is 9.80 Å². The summed E-state index contributed by atoms with van der Waals surface area (Å²) in [5.74, 6) is 0.629. The molecule has 0 radical (unpaired) electrons. The van der Waals surface area contributed by atoms with Crippen LogP contribution in [0.4, 0.5) is 16.0 Å². The number of hydrogen-bond acceptors (Lipinski definition) is 6. The fourth-order valence-electron chi connectivity index (χ4n) is 4.19. The highest BCUT2D eigenvalue weighted by atomic mass is 19.1. The van der Waals surface area contributed by atoms with E-state index in [0.717, 1.165) is 69.6 Å². The zero-order valence-electron chi connectivity index (χ0n) is 16.9. The molecule has 0 bridgehead atoms. The van der Waals surface area contributed by atoms with Crippen LogP contribution in [0.1, 0.15) is 17.0 Å². The maximum atomic E-state index is 13.2. The second kappa shape index (κ2) is 8.36. The van der Waals surface area contributed by atoms with Crippen molar-refractivity contribution >= 4 is 11.6 Å². The maximum absolute atomic E-state index is 13.2. The summed E-state index contributed by atoms with van der Waals surface area (Å²) in [5, 5.41) is 0. The number of nitrogens with zero attached hydrogens (tertiary/aromatic N) is 6. The Labute approximate surface area is 176 Å². The van der Waals surface area contributed by atoms with Crippen molar-refractivity contribution in [1.82, 2.24) is 19.9 Å². The molecule has 2 aromatic heterocycles. The minimum Gasteiger partial charge on any atom is -0.368 e. The third-order valence-corrected chi connectivity index (χ3v) is 5.87. The average molecular weight is 404 g/mol. The number of piperazine rings is 1. The Bertz CT molecular complexity index is 986. The van der Waals surface area contributed by atoms with Gasteiger partial charge in [0, 0.05) is 75.9 Å². The van der Waals surface area contributed by atoms with E-state index < -0.39 is 0 Å². The van der Waals surface area contributed by atoms with E-state index in [1.165, 1.54) is 23.4 Å². The number of rotatable bonds is 4. The maximum Gasteiger partial charge on any atom is 0.225 e. The largest absolute Gasteiger partial charge is 0.368 e. The molecule has 154 valence electrons. The van der Waals surface area contributed by atoms with Crippen molar-refractivity contribution in [1.29, 1.82) is 0 Å². The first-order valence-corrected chi connectivity index (χ1v) is 10.5. The highest BCUT2D eigenvalue weighted by Crippen LogP contribution is 2.22. The number of aromatic nitrogens is 3. The molecule has 2 aliphatic heterocycles. The molecule has 0 spiro atoms. The summed E-state index contributed by atoms with van der Waals surface area (Å²) in [6.45, 7) is 6.19. The molecule has 0 atom stereocenters. The van der Waals surface area contributed by atoms with Crippen LogP contribution in [0.25, 0.3) is 0 Å². The van der Waals surface area contributed by atoms with Gasteiger partial charge < -0.3 is 9.80 Å². The molecule has 0 N–H and O–H groups in total. The van der Waals surface area contributed by atoms with Crippen LogP contribution in [-0.2, 0) is 19.5 Å². The summed E-state index contributed by atoms with van der Waals surface area (Å²) in [4.78, 5) is 20.9. The Balaban J connectivity index is 1.21. The number of pyridine rings is 1. The van der Waals surface area contributed by atoms with Crippen molar-refractivity contribution < 1.29 is 4.39 Å². The standard InChI is InChI=1S/C23H25FN6/c24-19-4-6-21(7-5-19)29-11-13-30(14-12-29)23-26-15-18-16-28(10-8-22(18)27-23)17-20-3-1-2-9-25-20/h1-7,9,15H,8,10-14,16-17H2. The van der Waals surface area contributed by atoms with E-state index in [1.807, 2.05) is 36.7 Å². The topological polar surface area (TPSA) is 48.4 Å². The van der Waals surface area contributed by atoms with Crippen molar-refractivity contribution in [2.24, 2.45) is 0 Å². The molecule has 5 rings (SSSR count). The summed E-state index contributed by atoms with van der Waals surface area (Å²) in [7, 11) is 0. The molecular weight excluding hydrogens is 379 g/mol. The van der Waals surface area contributed by atoms with Gasteiger partial charge in [-0.25, -0.2) is 14.4 Å². The molecule has 7 heteroatoms. The van der Waals surface area contributed by atoms with Crippen LogP contribution in [0.3, 0.4) is 0 Å². The molecule has 0 amide bonds. The zero-order valence-corrected chi connectivity index (χ0v) is 16.9. The third kappa shape index (κ3) is 4.11. The molecule has 6 nitrogen and oxygen atoms in total. The monoisotopic (exact) mass is 404 g/mol. The van der Waals surface area contributed by atoms with Gasteiger partial charge in [0.1, 0.15) is 5.82 Å². The molecule has 0 saturated carbocycles. The van der Waals surface area contributed by atoms with Gasteiger partial charge in [-0.15, -0.1) is 0 Å². The van der Waals surface area contributed by atoms with Gasteiger partial charge in [0.2, 0.25) is 5.95 Å². The van der Waals surface area contributed by atoms with Crippen molar-refractivity contribution in [3.63, 3.8) is 0 Å². The molecule has 4 heterocycles. The zero-order chi connectivity index (χ0) is 20.3. The van der Waals surface area contributed by atoms with Crippen LogP contribution in [-0.4, -0.2) is 52.6 Å². The summed E-state index contributed by atoms with van der Waals surface area (Å²) in [6, 6.07) is 12.8. The highest BCUT2D eigenvalue weighted by molar-refractivity contribution is 5.48.